The van der Waals surface area contributed by atoms with Crippen molar-refractivity contribution < 1.29 is 42.5 Å². The number of carbonyl (C=O) groups excluding carboxylic acids is 2. The van der Waals surface area contributed by atoms with Gasteiger partial charge in [0, 0.05) is 12.6 Å². The number of benzene rings is 1. The maximum absolute atomic E-state index is 13.8. The first-order chi connectivity index (χ1) is 13.8. The van der Waals surface area contributed by atoms with Crippen molar-refractivity contribution in [1.82, 2.24) is 9.80 Å². The zero-order chi connectivity index (χ0) is 21.2. The van der Waals surface area contributed by atoms with E-state index in [2.05, 4.69) is 4.74 Å². The van der Waals surface area contributed by atoms with Crippen LogP contribution in [0.15, 0.2) is 18.2 Å². The molecule has 1 aromatic carbocycles. The van der Waals surface area contributed by atoms with Crippen molar-refractivity contribution in [1.29, 1.82) is 0 Å². The first kappa shape index (κ1) is 20.9. The predicted molar refractivity (Wildman–Crippen MR) is 91.9 cm³/mol. The Morgan fingerprint density at radius 1 is 1.21 bits per heavy atom. The van der Waals surface area contributed by atoms with Gasteiger partial charge in [0.05, 0.1) is 39.6 Å². The summed E-state index contributed by atoms with van der Waals surface area (Å²) in [6, 6.07) is 1.52. The van der Waals surface area contributed by atoms with Crippen molar-refractivity contribution in [3.63, 3.8) is 0 Å². The summed E-state index contributed by atoms with van der Waals surface area (Å²) < 4.78 is 43.0. The minimum atomic E-state index is -1.72. The van der Waals surface area contributed by atoms with Crippen LogP contribution in [0, 0.1) is 11.6 Å². The summed E-state index contributed by atoms with van der Waals surface area (Å²) in [6.45, 7) is -1.10. The standard InChI is InChI=1S/C18H20F2N2O7/c1-27-15(23)8-21-14(11-4-12(19)6-13(20)5-11)7-22(17(25)26)18(16(21)24)9-28-2-3-29-10-18/h4-6,14H,2-3,7-10H2,1H3,(H,25,26). The molecule has 1 N–H and O–H groups in total. The van der Waals surface area contributed by atoms with E-state index in [1.165, 1.54) is 0 Å². The van der Waals surface area contributed by atoms with Crippen molar-refractivity contribution in [3.05, 3.63) is 35.4 Å². The number of amides is 2. The Labute approximate surface area is 164 Å². The third-order valence-corrected chi connectivity index (χ3v) is 4.99. The van der Waals surface area contributed by atoms with Gasteiger partial charge in [-0.05, 0) is 17.7 Å². The minimum absolute atomic E-state index is 0.0105. The zero-order valence-electron chi connectivity index (χ0n) is 15.6. The van der Waals surface area contributed by atoms with Crippen LogP contribution < -0.4 is 0 Å². The summed E-state index contributed by atoms with van der Waals surface area (Å²) in [5, 5.41) is 9.76. The fourth-order valence-electron chi connectivity index (χ4n) is 3.59. The number of hydrogen-bond acceptors (Lipinski definition) is 6. The first-order valence-electron chi connectivity index (χ1n) is 8.78. The molecule has 2 heterocycles. The number of nitrogens with zero attached hydrogens (tertiary/aromatic N) is 2. The van der Waals surface area contributed by atoms with E-state index in [0.717, 1.165) is 29.0 Å². The second kappa shape index (κ2) is 8.29. The molecule has 3 rings (SSSR count). The summed E-state index contributed by atoms with van der Waals surface area (Å²) in [4.78, 5) is 39.3. The largest absolute Gasteiger partial charge is 0.468 e. The Kier molecular flexibility index (Phi) is 5.99. The SMILES string of the molecule is COC(=O)CN1C(=O)C2(COCCOC2)N(C(=O)O)CC1c1cc(F)cc(F)c1. The van der Waals surface area contributed by atoms with Crippen molar-refractivity contribution in [2.24, 2.45) is 0 Å². The smallest absolute Gasteiger partial charge is 0.408 e. The molecule has 1 aromatic rings. The van der Waals surface area contributed by atoms with Crippen LogP contribution in [0.4, 0.5) is 13.6 Å². The molecule has 0 radical (unpaired) electrons. The lowest BCUT2D eigenvalue weighted by Gasteiger charge is -2.50. The van der Waals surface area contributed by atoms with Gasteiger partial charge in [0.25, 0.3) is 5.91 Å². The van der Waals surface area contributed by atoms with Crippen molar-refractivity contribution >= 4 is 18.0 Å². The molecule has 0 aliphatic carbocycles. The maximum atomic E-state index is 13.8. The fraction of sp³-hybridized carbons (Fsp3) is 0.500. The van der Waals surface area contributed by atoms with Crippen LogP contribution in [0.5, 0.6) is 0 Å². The molecular formula is C18H20F2N2O7. The molecule has 1 spiro atoms. The van der Waals surface area contributed by atoms with Gasteiger partial charge in [-0.2, -0.15) is 0 Å². The minimum Gasteiger partial charge on any atom is -0.468 e. The lowest BCUT2D eigenvalue weighted by atomic mass is 9.89. The first-order valence-corrected chi connectivity index (χ1v) is 8.78. The van der Waals surface area contributed by atoms with Gasteiger partial charge in [-0.1, -0.05) is 0 Å². The fourth-order valence-corrected chi connectivity index (χ4v) is 3.59. The number of carbonyl (C=O) groups is 3. The molecule has 1 atom stereocenters. The molecule has 9 nitrogen and oxygen atoms in total. The van der Waals surface area contributed by atoms with Gasteiger partial charge < -0.3 is 24.2 Å². The van der Waals surface area contributed by atoms with E-state index in [0.29, 0.717) is 6.07 Å². The van der Waals surface area contributed by atoms with Crippen LogP contribution in [-0.2, 0) is 23.8 Å². The maximum Gasteiger partial charge on any atom is 0.408 e. The number of hydrogen-bond donors (Lipinski definition) is 1. The van der Waals surface area contributed by atoms with Crippen LogP contribution in [0.3, 0.4) is 0 Å². The Morgan fingerprint density at radius 3 is 2.31 bits per heavy atom. The van der Waals surface area contributed by atoms with E-state index in [1.54, 1.807) is 0 Å². The molecule has 2 aliphatic rings. The summed E-state index contributed by atoms with van der Waals surface area (Å²) in [7, 11) is 1.13. The summed E-state index contributed by atoms with van der Waals surface area (Å²) in [5.41, 5.74) is -1.71. The lowest BCUT2D eigenvalue weighted by Crippen LogP contribution is -2.71. The normalized spacial score (nSPS) is 21.8. The number of piperazine rings is 1. The molecule has 11 heteroatoms. The highest BCUT2D eigenvalue weighted by atomic mass is 19.1. The van der Waals surface area contributed by atoms with E-state index < -0.39 is 47.7 Å². The second-order valence-electron chi connectivity index (χ2n) is 6.76. The Morgan fingerprint density at radius 2 is 1.79 bits per heavy atom. The number of carboxylic acid groups (broad SMARTS) is 1. The Bertz CT molecular complexity index is 791. The molecule has 2 fully saturated rings. The predicted octanol–water partition coefficient (Wildman–Crippen LogP) is 0.787. The van der Waals surface area contributed by atoms with Crippen LogP contribution in [-0.4, -0.2) is 85.0 Å². The molecule has 2 amide bonds. The van der Waals surface area contributed by atoms with Crippen LogP contribution in [0.2, 0.25) is 0 Å². The van der Waals surface area contributed by atoms with E-state index in [-0.39, 0.29) is 38.5 Å². The summed E-state index contributed by atoms with van der Waals surface area (Å²) in [6.07, 6.45) is -1.42. The van der Waals surface area contributed by atoms with Gasteiger partial charge in [0.15, 0.2) is 5.54 Å². The third kappa shape index (κ3) is 4.01. The average molecular weight is 414 g/mol. The quantitative estimate of drug-likeness (QED) is 0.729. The summed E-state index contributed by atoms with van der Waals surface area (Å²) in [5.74, 6) is -3.33. The van der Waals surface area contributed by atoms with E-state index >= 15 is 0 Å². The molecule has 2 aliphatic heterocycles. The molecule has 0 bridgehead atoms. The molecule has 29 heavy (non-hydrogen) atoms. The number of methoxy groups -OCH3 is 1. The number of halogens is 2. The monoisotopic (exact) mass is 414 g/mol. The highest BCUT2D eigenvalue weighted by molar-refractivity contribution is 5.93. The van der Waals surface area contributed by atoms with Gasteiger partial charge >= 0.3 is 12.1 Å². The van der Waals surface area contributed by atoms with E-state index in [1.807, 2.05) is 0 Å². The van der Waals surface area contributed by atoms with Crippen LogP contribution in [0.25, 0.3) is 0 Å². The number of rotatable bonds is 3. The zero-order valence-corrected chi connectivity index (χ0v) is 15.6. The highest BCUT2D eigenvalue weighted by Crippen LogP contribution is 2.36. The summed E-state index contributed by atoms with van der Waals surface area (Å²) >= 11 is 0. The molecule has 158 valence electrons. The van der Waals surface area contributed by atoms with Crippen LogP contribution >= 0.6 is 0 Å². The second-order valence-corrected chi connectivity index (χ2v) is 6.76. The van der Waals surface area contributed by atoms with Gasteiger partial charge in [-0.25, -0.2) is 13.6 Å². The van der Waals surface area contributed by atoms with Crippen molar-refractivity contribution in [2.45, 2.75) is 11.6 Å². The molecule has 0 aromatic heterocycles. The van der Waals surface area contributed by atoms with Crippen molar-refractivity contribution in [2.75, 3.05) is 46.6 Å². The number of ether oxygens (including phenoxy) is 3. The Hall–Kier alpha value is -2.79. The molecule has 1 unspecified atom stereocenters. The van der Waals surface area contributed by atoms with Gasteiger partial charge in [-0.15, -0.1) is 0 Å². The van der Waals surface area contributed by atoms with Gasteiger partial charge in [0.1, 0.15) is 18.2 Å². The molecular weight excluding hydrogens is 394 g/mol. The topological polar surface area (TPSA) is 106 Å². The average Bonchev–Trinajstić information content (AvgIpc) is 2.91. The molecule has 2 saturated heterocycles. The van der Waals surface area contributed by atoms with Crippen LogP contribution in [0.1, 0.15) is 11.6 Å². The van der Waals surface area contributed by atoms with E-state index in [4.69, 9.17) is 9.47 Å². The third-order valence-electron chi connectivity index (χ3n) is 4.99. The van der Waals surface area contributed by atoms with Crippen molar-refractivity contribution in [3.8, 4) is 0 Å². The Balaban J connectivity index is 2.09. The van der Waals surface area contributed by atoms with E-state index in [9.17, 15) is 28.3 Å². The van der Waals surface area contributed by atoms with Gasteiger partial charge in [0.2, 0.25) is 0 Å². The highest BCUT2D eigenvalue weighted by Gasteiger charge is 2.56. The molecule has 0 saturated carbocycles. The lowest BCUT2D eigenvalue weighted by molar-refractivity contribution is -0.167. The van der Waals surface area contributed by atoms with Gasteiger partial charge in [-0.3, -0.25) is 14.5 Å². The number of esters is 1.